The van der Waals surface area contributed by atoms with Crippen molar-refractivity contribution in [2.45, 2.75) is 25.6 Å². The number of rotatable bonds is 5. The maximum atomic E-state index is 12.9. The third-order valence-electron chi connectivity index (χ3n) is 3.98. The van der Waals surface area contributed by atoms with Gasteiger partial charge in [0.05, 0.1) is 16.7 Å². The number of hydrogen-bond donors (Lipinski definition) is 2. The molecule has 0 saturated heterocycles. The highest BCUT2D eigenvalue weighted by Gasteiger charge is 2.30. The minimum Gasteiger partial charge on any atom is -0.387 e. The number of benzene rings is 1. The molecule has 1 atom stereocenters. The number of aliphatic hydroxyl groups excluding tert-OH is 1. The smallest absolute Gasteiger partial charge is 0.387 e. The van der Waals surface area contributed by atoms with Gasteiger partial charge in [0.15, 0.2) is 0 Å². The Balaban J connectivity index is 1.85. The maximum Gasteiger partial charge on any atom is 0.416 e. The van der Waals surface area contributed by atoms with Gasteiger partial charge in [-0.15, -0.1) is 11.3 Å². The lowest BCUT2D eigenvalue weighted by atomic mass is 10.1. The largest absolute Gasteiger partial charge is 0.416 e. The Morgan fingerprint density at radius 2 is 2.11 bits per heavy atom. The number of carbonyl (C=O) groups is 1. The summed E-state index contributed by atoms with van der Waals surface area (Å²) in [6, 6.07) is 6.53. The molecule has 1 unspecified atom stereocenters. The number of aromatic nitrogens is 3. The van der Waals surface area contributed by atoms with E-state index in [1.165, 1.54) is 23.9 Å². The summed E-state index contributed by atoms with van der Waals surface area (Å²) in [5.74, 6) is -0.420. The van der Waals surface area contributed by atoms with Crippen LogP contribution in [0.2, 0.25) is 0 Å². The molecule has 0 aliphatic carbocycles. The van der Waals surface area contributed by atoms with Gasteiger partial charge in [0, 0.05) is 19.7 Å². The Hall–Kier alpha value is -2.72. The second kappa shape index (κ2) is 7.72. The summed E-state index contributed by atoms with van der Waals surface area (Å²) in [6.07, 6.45) is -3.74. The van der Waals surface area contributed by atoms with Crippen molar-refractivity contribution < 1.29 is 23.1 Å². The molecular weight excluding hydrogens is 393 g/mol. The van der Waals surface area contributed by atoms with Gasteiger partial charge in [-0.2, -0.15) is 18.3 Å². The van der Waals surface area contributed by atoms with Crippen LogP contribution in [0.15, 0.2) is 36.5 Å². The first-order valence-electron chi connectivity index (χ1n) is 8.28. The molecule has 1 aromatic carbocycles. The lowest BCUT2D eigenvalue weighted by Gasteiger charge is -2.07. The number of halogens is 3. The van der Waals surface area contributed by atoms with Crippen molar-refractivity contribution in [2.75, 3.05) is 5.32 Å². The van der Waals surface area contributed by atoms with Gasteiger partial charge in [-0.1, -0.05) is 18.2 Å². The van der Waals surface area contributed by atoms with Crippen molar-refractivity contribution in [1.29, 1.82) is 0 Å². The van der Waals surface area contributed by atoms with E-state index >= 15 is 0 Å². The quantitative estimate of drug-likeness (QED) is 0.671. The Kier molecular flexibility index (Phi) is 5.52. The van der Waals surface area contributed by atoms with Crippen molar-refractivity contribution >= 4 is 22.2 Å². The first-order chi connectivity index (χ1) is 13.1. The van der Waals surface area contributed by atoms with Crippen LogP contribution in [0, 0.1) is 0 Å². The fourth-order valence-electron chi connectivity index (χ4n) is 2.62. The highest BCUT2D eigenvalue weighted by molar-refractivity contribution is 7.16. The lowest BCUT2D eigenvalue weighted by molar-refractivity contribution is -0.137. The van der Waals surface area contributed by atoms with Crippen molar-refractivity contribution in [2.24, 2.45) is 7.05 Å². The van der Waals surface area contributed by atoms with E-state index in [0.717, 1.165) is 23.5 Å². The molecule has 2 heterocycles. The zero-order valence-corrected chi connectivity index (χ0v) is 15.8. The van der Waals surface area contributed by atoms with Crippen molar-refractivity contribution in [3.63, 3.8) is 0 Å². The maximum absolute atomic E-state index is 12.9. The minimum atomic E-state index is -4.42. The molecule has 3 aromatic rings. The highest BCUT2D eigenvalue weighted by atomic mass is 32.1. The monoisotopic (exact) mass is 410 g/mol. The molecule has 1 amide bonds. The predicted octanol–water partition coefficient (Wildman–Crippen LogP) is 3.79. The van der Waals surface area contributed by atoms with E-state index in [9.17, 15) is 23.1 Å². The van der Waals surface area contributed by atoms with Gasteiger partial charge in [0.2, 0.25) is 0 Å². The van der Waals surface area contributed by atoms with Crippen LogP contribution in [0.3, 0.4) is 0 Å². The van der Waals surface area contributed by atoms with Crippen molar-refractivity contribution in [1.82, 2.24) is 14.8 Å². The van der Waals surface area contributed by atoms with Gasteiger partial charge in [-0.05, 0) is 24.6 Å². The van der Waals surface area contributed by atoms with Crippen LogP contribution in [0.1, 0.15) is 45.3 Å². The van der Waals surface area contributed by atoms with Crippen LogP contribution in [-0.4, -0.2) is 25.8 Å². The number of alkyl halides is 3. The van der Waals surface area contributed by atoms with Crippen LogP contribution in [0.25, 0.3) is 0 Å². The predicted molar refractivity (Wildman–Crippen MR) is 98.2 cm³/mol. The number of thiazole rings is 1. The average molecular weight is 410 g/mol. The number of amides is 1. The molecule has 0 fully saturated rings. The Morgan fingerprint density at radius 3 is 2.71 bits per heavy atom. The normalized spacial score (nSPS) is 12.8. The fourth-order valence-corrected chi connectivity index (χ4v) is 3.71. The van der Waals surface area contributed by atoms with Crippen molar-refractivity contribution in [3.8, 4) is 0 Å². The molecule has 28 heavy (non-hydrogen) atoms. The Morgan fingerprint density at radius 1 is 1.36 bits per heavy atom. The van der Waals surface area contributed by atoms with Crippen LogP contribution in [0.5, 0.6) is 0 Å². The van der Waals surface area contributed by atoms with Gasteiger partial charge in [-0.25, -0.2) is 4.98 Å². The zero-order chi connectivity index (χ0) is 20.5. The van der Waals surface area contributed by atoms with E-state index in [1.54, 1.807) is 19.2 Å². The van der Waals surface area contributed by atoms with Gasteiger partial charge >= 0.3 is 6.18 Å². The van der Waals surface area contributed by atoms with E-state index in [0.29, 0.717) is 21.3 Å². The molecule has 0 aliphatic rings. The van der Waals surface area contributed by atoms with Crippen LogP contribution >= 0.6 is 11.3 Å². The van der Waals surface area contributed by atoms with Crippen molar-refractivity contribution in [3.05, 3.63) is 64.1 Å². The topological polar surface area (TPSA) is 80.0 Å². The molecule has 3 rings (SSSR count). The molecule has 2 aromatic heterocycles. The van der Waals surface area contributed by atoms with E-state index in [2.05, 4.69) is 15.4 Å². The molecule has 0 spiro atoms. The number of nitrogens with zero attached hydrogens (tertiary/aromatic N) is 3. The molecule has 10 heteroatoms. The Bertz CT molecular complexity index is 995. The highest BCUT2D eigenvalue weighted by Crippen LogP contribution is 2.33. The summed E-state index contributed by atoms with van der Waals surface area (Å²) in [4.78, 5) is 16.7. The summed E-state index contributed by atoms with van der Waals surface area (Å²) >= 11 is 1.11. The molecule has 0 aliphatic heterocycles. The second-order valence-corrected chi connectivity index (χ2v) is 7.25. The van der Waals surface area contributed by atoms with Crippen LogP contribution < -0.4 is 5.32 Å². The number of hydrogen-bond acceptors (Lipinski definition) is 5. The molecule has 6 nitrogen and oxygen atoms in total. The van der Waals surface area contributed by atoms with Crippen LogP contribution in [-0.2, 0) is 19.6 Å². The summed E-state index contributed by atoms with van der Waals surface area (Å²) < 4.78 is 40.1. The average Bonchev–Trinajstić information content (AvgIpc) is 3.20. The summed E-state index contributed by atoms with van der Waals surface area (Å²) in [6.45, 7) is 1.50. The summed E-state index contributed by atoms with van der Waals surface area (Å²) in [5, 5.41) is 17.4. The molecule has 148 valence electrons. The number of carbonyl (C=O) groups excluding carboxylic acids is 1. The third-order valence-corrected chi connectivity index (χ3v) is 4.97. The van der Waals surface area contributed by atoms with Gasteiger partial charge in [-0.3, -0.25) is 9.48 Å². The molecule has 0 bridgehead atoms. The molecule has 2 N–H and O–H groups in total. The first kappa shape index (κ1) is 20.0. The number of anilines is 1. The standard InChI is InChI=1S/C18H17F3N4O2S/c1-10(26)15-17(24-16(27)13-6-7-22-25(13)2)28-14(23-15)9-11-4-3-5-12(8-11)18(19,20)21/h3-8,10,26H,9H2,1-2H3,(H,24,27). The number of nitrogens with one attached hydrogen (secondary N) is 1. The SMILES string of the molecule is CC(O)c1nc(Cc2cccc(C(F)(F)F)c2)sc1NC(=O)c1ccnn1C. The lowest BCUT2D eigenvalue weighted by Crippen LogP contribution is -2.16. The van der Waals surface area contributed by atoms with E-state index in [4.69, 9.17) is 0 Å². The fraction of sp³-hybridized carbons (Fsp3) is 0.278. The Labute approximate surface area is 162 Å². The second-order valence-electron chi connectivity index (χ2n) is 6.17. The third kappa shape index (κ3) is 4.39. The zero-order valence-electron chi connectivity index (χ0n) is 15.0. The number of aliphatic hydroxyl groups is 1. The van der Waals surface area contributed by atoms with Gasteiger partial charge < -0.3 is 10.4 Å². The van der Waals surface area contributed by atoms with Crippen LogP contribution in [0.4, 0.5) is 18.2 Å². The first-order valence-corrected chi connectivity index (χ1v) is 9.10. The molecule has 0 radical (unpaired) electrons. The van der Waals surface area contributed by atoms with Gasteiger partial charge in [0.1, 0.15) is 16.4 Å². The van der Waals surface area contributed by atoms with Gasteiger partial charge in [0.25, 0.3) is 5.91 Å². The number of aryl methyl sites for hydroxylation is 1. The van der Waals surface area contributed by atoms with E-state index in [1.807, 2.05) is 0 Å². The van der Waals surface area contributed by atoms with E-state index < -0.39 is 23.8 Å². The van der Waals surface area contributed by atoms with E-state index in [-0.39, 0.29) is 12.1 Å². The molecular formula is C18H17F3N4O2S. The molecule has 0 saturated carbocycles. The minimum absolute atomic E-state index is 0.149. The summed E-state index contributed by atoms with van der Waals surface area (Å²) in [7, 11) is 1.62. The summed E-state index contributed by atoms with van der Waals surface area (Å²) in [5.41, 5.74) is 0.291.